The van der Waals surface area contributed by atoms with Crippen LogP contribution >= 0.6 is 0 Å². The standard InChI is InChI=1S/C14H21N5O/c1-9(2)17-13(20)8-15-6-11-5-12-10(3)18-19(4)14(12)16-7-11/h5,7,9,15H,6,8H2,1-4H3,(H,17,20). The molecule has 108 valence electrons. The van der Waals surface area contributed by atoms with E-state index in [9.17, 15) is 4.79 Å². The Morgan fingerprint density at radius 2 is 2.20 bits per heavy atom. The topological polar surface area (TPSA) is 71.8 Å². The Bertz CT molecular complexity index is 617. The first-order chi connectivity index (χ1) is 9.47. The fraction of sp³-hybridized carbons (Fsp3) is 0.500. The minimum absolute atomic E-state index is 0.00611. The highest BCUT2D eigenvalue weighted by Crippen LogP contribution is 2.16. The Morgan fingerprint density at radius 3 is 2.90 bits per heavy atom. The lowest BCUT2D eigenvalue weighted by molar-refractivity contribution is -0.120. The summed E-state index contributed by atoms with van der Waals surface area (Å²) in [5.41, 5.74) is 2.89. The van der Waals surface area contributed by atoms with Crippen molar-refractivity contribution in [1.29, 1.82) is 0 Å². The number of pyridine rings is 1. The molecule has 1 amide bonds. The SMILES string of the molecule is Cc1nn(C)c2ncc(CNCC(=O)NC(C)C)cc12. The van der Waals surface area contributed by atoms with E-state index in [1.165, 1.54) is 0 Å². The number of aryl methyl sites for hydroxylation is 2. The van der Waals surface area contributed by atoms with Crippen molar-refractivity contribution in [1.82, 2.24) is 25.4 Å². The highest BCUT2D eigenvalue weighted by Gasteiger charge is 2.07. The summed E-state index contributed by atoms with van der Waals surface area (Å²) in [5.74, 6) is 0.00611. The quantitative estimate of drug-likeness (QED) is 0.850. The summed E-state index contributed by atoms with van der Waals surface area (Å²) >= 11 is 0. The molecule has 0 bridgehead atoms. The molecule has 20 heavy (non-hydrogen) atoms. The molecule has 0 atom stereocenters. The van der Waals surface area contributed by atoms with E-state index in [2.05, 4.69) is 26.8 Å². The van der Waals surface area contributed by atoms with E-state index < -0.39 is 0 Å². The van der Waals surface area contributed by atoms with Gasteiger partial charge >= 0.3 is 0 Å². The zero-order valence-electron chi connectivity index (χ0n) is 12.4. The first kappa shape index (κ1) is 14.5. The second kappa shape index (κ2) is 6.00. The largest absolute Gasteiger partial charge is 0.353 e. The van der Waals surface area contributed by atoms with E-state index in [0.717, 1.165) is 22.3 Å². The van der Waals surface area contributed by atoms with Crippen molar-refractivity contribution in [3.63, 3.8) is 0 Å². The zero-order valence-corrected chi connectivity index (χ0v) is 12.4. The number of nitrogens with zero attached hydrogens (tertiary/aromatic N) is 3. The van der Waals surface area contributed by atoms with Crippen molar-refractivity contribution in [3.05, 3.63) is 23.5 Å². The van der Waals surface area contributed by atoms with Crippen LogP contribution in [0.1, 0.15) is 25.1 Å². The Morgan fingerprint density at radius 1 is 1.45 bits per heavy atom. The van der Waals surface area contributed by atoms with Crippen LogP contribution in [0.4, 0.5) is 0 Å². The summed E-state index contributed by atoms with van der Waals surface area (Å²) in [7, 11) is 1.89. The summed E-state index contributed by atoms with van der Waals surface area (Å²) < 4.78 is 1.78. The molecule has 2 rings (SSSR count). The molecule has 0 aliphatic heterocycles. The fourth-order valence-electron chi connectivity index (χ4n) is 2.14. The number of carbonyl (C=O) groups excluding carboxylic acids is 1. The number of nitrogens with one attached hydrogen (secondary N) is 2. The first-order valence-corrected chi connectivity index (χ1v) is 6.75. The lowest BCUT2D eigenvalue weighted by Gasteiger charge is -2.09. The first-order valence-electron chi connectivity index (χ1n) is 6.75. The maximum absolute atomic E-state index is 11.5. The van der Waals surface area contributed by atoms with Gasteiger partial charge in [0.1, 0.15) is 0 Å². The van der Waals surface area contributed by atoms with Gasteiger partial charge in [-0.3, -0.25) is 9.48 Å². The van der Waals surface area contributed by atoms with E-state index in [1.807, 2.05) is 34.0 Å². The highest BCUT2D eigenvalue weighted by atomic mass is 16.1. The van der Waals surface area contributed by atoms with Gasteiger partial charge < -0.3 is 10.6 Å². The number of rotatable bonds is 5. The molecule has 0 fully saturated rings. The maximum Gasteiger partial charge on any atom is 0.234 e. The van der Waals surface area contributed by atoms with Crippen LogP contribution in [0.15, 0.2) is 12.3 Å². The average Bonchev–Trinajstić information content (AvgIpc) is 2.64. The second-order valence-corrected chi connectivity index (χ2v) is 5.25. The Balaban J connectivity index is 1.97. The second-order valence-electron chi connectivity index (χ2n) is 5.25. The van der Waals surface area contributed by atoms with Gasteiger partial charge in [0.15, 0.2) is 5.65 Å². The average molecular weight is 275 g/mol. The molecule has 2 aromatic rings. The van der Waals surface area contributed by atoms with Gasteiger partial charge in [0, 0.05) is 31.2 Å². The van der Waals surface area contributed by atoms with Crippen LogP contribution in [-0.4, -0.2) is 33.3 Å². The molecular weight excluding hydrogens is 254 g/mol. The van der Waals surface area contributed by atoms with Crippen molar-refractivity contribution in [2.75, 3.05) is 6.54 Å². The molecular formula is C14H21N5O. The van der Waals surface area contributed by atoms with Gasteiger partial charge in [-0.2, -0.15) is 5.10 Å². The van der Waals surface area contributed by atoms with Gasteiger partial charge in [0.25, 0.3) is 0 Å². The van der Waals surface area contributed by atoms with Gasteiger partial charge in [-0.15, -0.1) is 0 Å². The Kier molecular flexibility index (Phi) is 4.34. The molecule has 6 heteroatoms. The van der Waals surface area contributed by atoms with Crippen molar-refractivity contribution < 1.29 is 4.79 Å². The highest BCUT2D eigenvalue weighted by molar-refractivity contribution is 5.79. The number of carbonyl (C=O) groups is 1. The van der Waals surface area contributed by atoms with Crippen molar-refractivity contribution in [2.45, 2.75) is 33.4 Å². The number of fused-ring (bicyclic) bond motifs is 1. The van der Waals surface area contributed by atoms with Crippen LogP contribution in [0.5, 0.6) is 0 Å². The molecule has 0 spiro atoms. The number of hydrogen-bond donors (Lipinski definition) is 2. The molecule has 2 N–H and O–H groups in total. The number of hydrogen-bond acceptors (Lipinski definition) is 4. The molecule has 0 unspecified atom stereocenters. The van der Waals surface area contributed by atoms with Gasteiger partial charge in [-0.25, -0.2) is 4.98 Å². The van der Waals surface area contributed by atoms with Crippen LogP contribution in [0, 0.1) is 6.92 Å². The third kappa shape index (κ3) is 3.33. The third-order valence-electron chi connectivity index (χ3n) is 2.98. The molecule has 6 nitrogen and oxygen atoms in total. The van der Waals surface area contributed by atoms with Gasteiger partial charge in [-0.1, -0.05) is 0 Å². The van der Waals surface area contributed by atoms with E-state index in [-0.39, 0.29) is 11.9 Å². The molecule has 0 aliphatic rings. The number of amides is 1. The van der Waals surface area contributed by atoms with E-state index >= 15 is 0 Å². The van der Waals surface area contributed by atoms with Crippen LogP contribution in [0.3, 0.4) is 0 Å². The lowest BCUT2D eigenvalue weighted by Crippen LogP contribution is -2.37. The van der Waals surface area contributed by atoms with Crippen molar-refractivity contribution in [3.8, 4) is 0 Å². The van der Waals surface area contributed by atoms with E-state index in [0.29, 0.717) is 13.1 Å². The summed E-state index contributed by atoms with van der Waals surface area (Å²) in [6.07, 6.45) is 1.82. The van der Waals surface area contributed by atoms with Gasteiger partial charge in [-0.05, 0) is 32.4 Å². The molecule has 0 radical (unpaired) electrons. The van der Waals surface area contributed by atoms with Crippen molar-refractivity contribution in [2.24, 2.45) is 7.05 Å². The predicted molar refractivity (Wildman–Crippen MR) is 78.2 cm³/mol. The van der Waals surface area contributed by atoms with Gasteiger partial charge in [0.2, 0.25) is 5.91 Å². The zero-order chi connectivity index (χ0) is 14.7. The van der Waals surface area contributed by atoms with Crippen LogP contribution in [0.2, 0.25) is 0 Å². The summed E-state index contributed by atoms with van der Waals surface area (Å²) in [6.45, 7) is 6.78. The van der Waals surface area contributed by atoms with Gasteiger partial charge in [0.05, 0.1) is 12.2 Å². The Labute approximate surface area is 118 Å². The van der Waals surface area contributed by atoms with Crippen LogP contribution in [-0.2, 0) is 18.4 Å². The minimum atomic E-state index is 0.00611. The smallest absolute Gasteiger partial charge is 0.234 e. The molecule has 0 saturated heterocycles. The molecule has 2 aromatic heterocycles. The van der Waals surface area contributed by atoms with Crippen LogP contribution < -0.4 is 10.6 Å². The molecule has 0 aliphatic carbocycles. The van der Waals surface area contributed by atoms with E-state index in [4.69, 9.17) is 0 Å². The summed E-state index contributed by atoms with van der Waals surface area (Å²) in [6, 6.07) is 2.23. The predicted octanol–water partition coefficient (Wildman–Crippen LogP) is 0.891. The Hall–Kier alpha value is -1.95. The lowest BCUT2D eigenvalue weighted by atomic mass is 10.2. The normalized spacial score (nSPS) is 11.2. The van der Waals surface area contributed by atoms with Crippen LogP contribution in [0.25, 0.3) is 11.0 Å². The minimum Gasteiger partial charge on any atom is -0.353 e. The molecule has 0 aromatic carbocycles. The van der Waals surface area contributed by atoms with E-state index in [1.54, 1.807) is 4.68 Å². The fourth-order valence-corrected chi connectivity index (χ4v) is 2.14. The number of aromatic nitrogens is 3. The monoisotopic (exact) mass is 275 g/mol. The van der Waals surface area contributed by atoms with Crippen molar-refractivity contribution >= 4 is 16.9 Å². The summed E-state index contributed by atoms with van der Waals surface area (Å²) in [4.78, 5) is 15.9. The maximum atomic E-state index is 11.5. The molecule has 2 heterocycles. The molecule has 0 saturated carbocycles. The summed E-state index contributed by atoms with van der Waals surface area (Å²) in [5, 5.41) is 11.4. The third-order valence-corrected chi connectivity index (χ3v) is 2.98.